The molecule has 0 amide bonds. The van der Waals surface area contributed by atoms with E-state index in [1.54, 1.807) is 12.1 Å². The molecule has 102 valence electrons. The minimum absolute atomic E-state index is 0.240. The average Bonchev–Trinajstić information content (AvgIpc) is 2.37. The zero-order valence-electron chi connectivity index (χ0n) is 10.7. The topological polar surface area (TPSA) is 49.8 Å². The van der Waals surface area contributed by atoms with Gasteiger partial charge in [0.05, 0.1) is 13.2 Å². The molecule has 1 aromatic rings. The Hall–Kier alpha value is -1.52. The number of carboxylic acids is 1. The van der Waals surface area contributed by atoms with Crippen LogP contribution in [0, 0.1) is 0 Å². The van der Waals surface area contributed by atoms with Crippen LogP contribution in [0.4, 0.5) is 5.69 Å². The summed E-state index contributed by atoms with van der Waals surface area (Å²) in [5, 5.41) is 9.38. The molecule has 1 saturated heterocycles. The standard InChI is InChI=1S/C14H16ClNO3/c1-10-9-19-7-6-16(10)13-8-12(15)4-2-11(13)3-5-14(17)18/h2-5,8,10H,6-7,9H2,1H3,(H,17,18)/b5-3+. The summed E-state index contributed by atoms with van der Waals surface area (Å²) in [6.45, 7) is 4.17. The van der Waals surface area contributed by atoms with Crippen molar-refractivity contribution in [1.82, 2.24) is 0 Å². The molecule has 1 atom stereocenters. The number of anilines is 1. The molecule has 5 heteroatoms. The van der Waals surface area contributed by atoms with E-state index in [9.17, 15) is 4.79 Å². The summed E-state index contributed by atoms with van der Waals surface area (Å²) in [6.07, 6.45) is 2.73. The third-order valence-electron chi connectivity index (χ3n) is 3.08. The van der Waals surface area contributed by atoms with Crippen LogP contribution in [0.25, 0.3) is 6.08 Å². The van der Waals surface area contributed by atoms with E-state index in [-0.39, 0.29) is 6.04 Å². The van der Waals surface area contributed by atoms with Crippen molar-refractivity contribution >= 4 is 29.3 Å². The molecule has 1 aliphatic heterocycles. The van der Waals surface area contributed by atoms with Gasteiger partial charge < -0.3 is 14.7 Å². The third kappa shape index (κ3) is 3.49. The fraction of sp³-hybridized carbons (Fsp3) is 0.357. The number of ether oxygens (including phenoxy) is 1. The maximum atomic E-state index is 10.6. The summed E-state index contributed by atoms with van der Waals surface area (Å²) < 4.78 is 5.41. The van der Waals surface area contributed by atoms with Crippen LogP contribution in [-0.4, -0.2) is 36.9 Å². The van der Waals surface area contributed by atoms with Crippen LogP contribution < -0.4 is 4.90 Å². The number of carbonyl (C=O) groups is 1. The molecule has 0 radical (unpaired) electrons. The molecule has 1 N–H and O–H groups in total. The summed E-state index contributed by atoms with van der Waals surface area (Å²) in [5.74, 6) is -0.962. The van der Waals surface area contributed by atoms with Gasteiger partial charge in [0.15, 0.2) is 0 Å². The van der Waals surface area contributed by atoms with Crippen molar-refractivity contribution in [3.8, 4) is 0 Å². The first kappa shape index (κ1) is 13.9. The largest absolute Gasteiger partial charge is 0.478 e. The van der Waals surface area contributed by atoms with Crippen LogP contribution in [0.2, 0.25) is 5.02 Å². The number of carboxylic acid groups (broad SMARTS) is 1. The molecule has 2 rings (SSSR count). The van der Waals surface area contributed by atoms with E-state index >= 15 is 0 Å². The van der Waals surface area contributed by atoms with Gasteiger partial charge in [-0.25, -0.2) is 4.79 Å². The van der Waals surface area contributed by atoms with E-state index in [0.29, 0.717) is 18.2 Å². The van der Waals surface area contributed by atoms with Crippen LogP contribution in [-0.2, 0) is 9.53 Å². The number of aliphatic carboxylic acids is 1. The van der Waals surface area contributed by atoms with Gasteiger partial charge in [0.25, 0.3) is 0 Å². The van der Waals surface area contributed by atoms with Crippen LogP contribution in [0.5, 0.6) is 0 Å². The zero-order chi connectivity index (χ0) is 13.8. The number of halogens is 1. The summed E-state index contributed by atoms with van der Waals surface area (Å²) in [4.78, 5) is 12.8. The zero-order valence-corrected chi connectivity index (χ0v) is 11.4. The molecule has 0 bridgehead atoms. The van der Waals surface area contributed by atoms with Gasteiger partial charge in [0.1, 0.15) is 0 Å². The monoisotopic (exact) mass is 281 g/mol. The van der Waals surface area contributed by atoms with E-state index in [1.165, 1.54) is 0 Å². The van der Waals surface area contributed by atoms with Gasteiger partial charge in [-0.05, 0) is 30.7 Å². The number of hydrogen-bond donors (Lipinski definition) is 1. The predicted octanol–water partition coefficient (Wildman–Crippen LogP) is 2.66. The molecule has 1 aliphatic rings. The van der Waals surface area contributed by atoms with Crippen molar-refractivity contribution in [1.29, 1.82) is 0 Å². The van der Waals surface area contributed by atoms with Gasteiger partial charge >= 0.3 is 5.97 Å². The number of benzene rings is 1. The molecule has 1 unspecified atom stereocenters. The Kier molecular flexibility index (Phi) is 4.45. The summed E-state index contributed by atoms with van der Waals surface area (Å²) >= 11 is 6.05. The second kappa shape index (κ2) is 6.08. The van der Waals surface area contributed by atoms with Crippen molar-refractivity contribution < 1.29 is 14.6 Å². The highest BCUT2D eigenvalue weighted by Gasteiger charge is 2.21. The predicted molar refractivity (Wildman–Crippen MR) is 75.7 cm³/mol. The summed E-state index contributed by atoms with van der Waals surface area (Å²) in [6, 6.07) is 5.70. The first-order valence-electron chi connectivity index (χ1n) is 6.13. The lowest BCUT2D eigenvalue weighted by atomic mass is 10.1. The van der Waals surface area contributed by atoms with Crippen molar-refractivity contribution in [2.75, 3.05) is 24.7 Å². The lowest BCUT2D eigenvalue weighted by Crippen LogP contribution is -2.44. The molecular formula is C14H16ClNO3. The Bertz CT molecular complexity index is 501. The van der Waals surface area contributed by atoms with Gasteiger partial charge in [-0.2, -0.15) is 0 Å². The Morgan fingerprint density at radius 2 is 2.37 bits per heavy atom. The van der Waals surface area contributed by atoms with Crippen LogP contribution >= 0.6 is 11.6 Å². The lowest BCUT2D eigenvalue weighted by Gasteiger charge is -2.36. The van der Waals surface area contributed by atoms with E-state index in [4.69, 9.17) is 21.4 Å². The fourth-order valence-corrected chi connectivity index (χ4v) is 2.32. The number of rotatable bonds is 3. The smallest absolute Gasteiger partial charge is 0.328 e. The molecule has 1 heterocycles. The Labute approximate surface area is 117 Å². The molecule has 1 aromatic carbocycles. The first-order chi connectivity index (χ1) is 9.08. The van der Waals surface area contributed by atoms with Crippen molar-refractivity contribution in [2.24, 2.45) is 0 Å². The number of nitrogens with zero attached hydrogens (tertiary/aromatic N) is 1. The maximum Gasteiger partial charge on any atom is 0.328 e. The van der Waals surface area contributed by atoms with E-state index < -0.39 is 5.97 Å². The van der Waals surface area contributed by atoms with Crippen LogP contribution in [0.3, 0.4) is 0 Å². The molecular weight excluding hydrogens is 266 g/mol. The van der Waals surface area contributed by atoms with Crippen molar-refractivity contribution in [2.45, 2.75) is 13.0 Å². The second-order valence-electron chi connectivity index (χ2n) is 4.49. The van der Waals surface area contributed by atoms with Gasteiger partial charge in [0, 0.05) is 29.4 Å². The second-order valence-corrected chi connectivity index (χ2v) is 4.93. The minimum atomic E-state index is -0.962. The first-order valence-corrected chi connectivity index (χ1v) is 6.50. The molecule has 1 fully saturated rings. The van der Waals surface area contributed by atoms with E-state index in [2.05, 4.69) is 11.8 Å². The highest BCUT2D eigenvalue weighted by Crippen LogP contribution is 2.28. The number of morpholine rings is 1. The van der Waals surface area contributed by atoms with Crippen molar-refractivity contribution in [3.63, 3.8) is 0 Å². The molecule has 19 heavy (non-hydrogen) atoms. The Morgan fingerprint density at radius 3 is 3.05 bits per heavy atom. The maximum absolute atomic E-state index is 10.6. The number of hydrogen-bond acceptors (Lipinski definition) is 3. The summed E-state index contributed by atoms with van der Waals surface area (Å²) in [5.41, 5.74) is 1.79. The highest BCUT2D eigenvalue weighted by molar-refractivity contribution is 6.31. The third-order valence-corrected chi connectivity index (χ3v) is 3.31. The fourth-order valence-electron chi connectivity index (χ4n) is 2.15. The van der Waals surface area contributed by atoms with Crippen LogP contribution in [0.1, 0.15) is 12.5 Å². The molecule has 0 spiro atoms. The van der Waals surface area contributed by atoms with E-state index in [0.717, 1.165) is 23.9 Å². The van der Waals surface area contributed by atoms with Gasteiger partial charge in [-0.15, -0.1) is 0 Å². The Balaban J connectivity index is 2.36. The van der Waals surface area contributed by atoms with Crippen molar-refractivity contribution in [3.05, 3.63) is 34.9 Å². The normalized spacial score (nSPS) is 19.9. The van der Waals surface area contributed by atoms with E-state index in [1.807, 2.05) is 12.1 Å². The van der Waals surface area contributed by atoms with Gasteiger partial charge in [0.2, 0.25) is 0 Å². The molecule has 0 aliphatic carbocycles. The van der Waals surface area contributed by atoms with Gasteiger partial charge in [-0.1, -0.05) is 17.7 Å². The van der Waals surface area contributed by atoms with Crippen LogP contribution in [0.15, 0.2) is 24.3 Å². The minimum Gasteiger partial charge on any atom is -0.478 e. The molecule has 0 saturated carbocycles. The summed E-state index contributed by atoms with van der Waals surface area (Å²) in [7, 11) is 0. The quantitative estimate of drug-likeness (QED) is 0.866. The average molecular weight is 282 g/mol. The highest BCUT2D eigenvalue weighted by atomic mass is 35.5. The Morgan fingerprint density at radius 1 is 1.58 bits per heavy atom. The molecule has 4 nitrogen and oxygen atoms in total. The SMILES string of the molecule is CC1COCCN1c1cc(Cl)ccc1/C=C/C(=O)O. The lowest BCUT2D eigenvalue weighted by molar-refractivity contribution is -0.131. The molecule has 0 aromatic heterocycles. The van der Waals surface area contributed by atoms with Gasteiger partial charge in [-0.3, -0.25) is 0 Å².